The molecule has 0 fully saturated rings. The Hall–Kier alpha value is -2.87. The maximum Gasteiger partial charge on any atom is 0.335 e. The molecule has 0 amide bonds. The number of aromatic carboxylic acids is 1. The largest absolute Gasteiger partial charge is 0.481 e. The number of carboxylic acids is 2. The summed E-state index contributed by atoms with van der Waals surface area (Å²) >= 11 is 1.26. The van der Waals surface area contributed by atoms with Gasteiger partial charge >= 0.3 is 11.9 Å². The van der Waals surface area contributed by atoms with Gasteiger partial charge < -0.3 is 10.2 Å². The van der Waals surface area contributed by atoms with Gasteiger partial charge in [-0.2, -0.15) is 0 Å². The first kappa shape index (κ1) is 16.5. The van der Waals surface area contributed by atoms with Crippen LogP contribution in [0.4, 0.5) is 5.69 Å². The van der Waals surface area contributed by atoms with Crippen LogP contribution in [0.3, 0.4) is 0 Å². The number of carboxylic acid groups (broad SMARTS) is 2. The van der Waals surface area contributed by atoms with Crippen LogP contribution in [0.25, 0.3) is 0 Å². The van der Waals surface area contributed by atoms with E-state index in [0.717, 1.165) is 4.90 Å². The van der Waals surface area contributed by atoms with Crippen LogP contribution in [-0.2, 0) is 11.2 Å². The molecule has 0 aliphatic heterocycles. The fraction of sp³-hybridized carbons (Fsp3) is 0.0667. The minimum Gasteiger partial charge on any atom is -0.481 e. The number of nitro groups is 1. The molecule has 0 aromatic heterocycles. The number of hydrogen-bond donors (Lipinski definition) is 2. The summed E-state index contributed by atoms with van der Waals surface area (Å²) < 4.78 is 0. The van der Waals surface area contributed by atoms with Crippen LogP contribution < -0.4 is 0 Å². The van der Waals surface area contributed by atoms with Crippen molar-refractivity contribution in [2.45, 2.75) is 16.2 Å². The van der Waals surface area contributed by atoms with Crippen molar-refractivity contribution in [1.29, 1.82) is 0 Å². The Morgan fingerprint density at radius 3 is 2.17 bits per heavy atom. The van der Waals surface area contributed by atoms with E-state index in [9.17, 15) is 19.7 Å². The van der Waals surface area contributed by atoms with Crippen molar-refractivity contribution in [2.24, 2.45) is 0 Å². The fourth-order valence-electron chi connectivity index (χ4n) is 1.91. The highest BCUT2D eigenvalue weighted by atomic mass is 32.2. The number of nitro benzene ring substituents is 1. The maximum atomic E-state index is 10.9. The van der Waals surface area contributed by atoms with Crippen molar-refractivity contribution in [3.63, 3.8) is 0 Å². The van der Waals surface area contributed by atoms with Gasteiger partial charge in [0, 0.05) is 21.4 Å². The van der Waals surface area contributed by atoms with Crippen LogP contribution in [0, 0.1) is 10.1 Å². The molecule has 2 aromatic rings. The molecule has 8 heteroatoms. The van der Waals surface area contributed by atoms with Crippen LogP contribution in [0.5, 0.6) is 0 Å². The summed E-state index contributed by atoms with van der Waals surface area (Å²) in [6, 6.07) is 10.4. The number of hydrogen-bond acceptors (Lipinski definition) is 5. The van der Waals surface area contributed by atoms with Gasteiger partial charge in [-0.05, 0) is 36.4 Å². The molecule has 0 aliphatic carbocycles. The quantitative estimate of drug-likeness (QED) is 0.616. The molecule has 23 heavy (non-hydrogen) atoms. The Morgan fingerprint density at radius 2 is 1.65 bits per heavy atom. The third-order valence-corrected chi connectivity index (χ3v) is 3.92. The lowest BCUT2D eigenvalue weighted by Gasteiger charge is -2.05. The second-order valence-corrected chi connectivity index (χ2v) is 5.70. The summed E-state index contributed by atoms with van der Waals surface area (Å²) in [7, 11) is 0. The summed E-state index contributed by atoms with van der Waals surface area (Å²) in [5, 5.41) is 28.6. The molecule has 118 valence electrons. The zero-order valence-electron chi connectivity index (χ0n) is 11.6. The molecule has 0 aliphatic rings. The Morgan fingerprint density at radius 1 is 1.04 bits per heavy atom. The van der Waals surface area contributed by atoms with E-state index in [1.54, 1.807) is 12.1 Å². The normalized spacial score (nSPS) is 10.3. The van der Waals surface area contributed by atoms with E-state index in [1.165, 1.54) is 42.1 Å². The third kappa shape index (κ3) is 4.30. The van der Waals surface area contributed by atoms with Crippen molar-refractivity contribution in [1.82, 2.24) is 0 Å². The molecular weight excluding hydrogens is 322 g/mol. The van der Waals surface area contributed by atoms with Crippen molar-refractivity contribution >= 4 is 29.4 Å². The van der Waals surface area contributed by atoms with Gasteiger partial charge in [-0.25, -0.2) is 4.79 Å². The molecule has 0 radical (unpaired) electrons. The molecule has 0 saturated heterocycles. The van der Waals surface area contributed by atoms with E-state index >= 15 is 0 Å². The van der Waals surface area contributed by atoms with Crippen molar-refractivity contribution in [2.75, 3.05) is 0 Å². The van der Waals surface area contributed by atoms with Crippen LogP contribution in [0.1, 0.15) is 15.9 Å². The number of nitrogens with zero attached hydrogens (tertiary/aromatic N) is 1. The molecule has 0 unspecified atom stereocenters. The van der Waals surface area contributed by atoms with E-state index in [-0.39, 0.29) is 16.8 Å². The van der Waals surface area contributed by atoms with E-state index in [0.29, 0.717) is 4.90 Å². The second kappa shape index (κ2) is 6.93. The van der Waals surface area contributed by atoms with Gasteiger partial charge in [0.05, 0.1) is 16.9 Å². The topological polar surface area (TPSA) is 118 Å². The molecule has 0 atom stereocenters. The monoisotopic (exact) mass is 333 g/mol. The minimum absolute atomic E-state index is 0.120. The molecule has 0 saturated carbocycles. The van der Waals surface area contributed by atoms with Gasteiger partial charge in [0.25, 0.3) is 5.69 Å². The summed E-state index contributed by atoms with van der Waals surface area (Å²) in [6.45, 7) is 0. The van der Waals surface area contributed by atoms with Crippen LogP contribution in [-0.4, -0.2) is 27.1 Å². The number of aliphatic carboxylic acids is 1. The molecule has 7 nitrogen and oxygen atoms in total. The Balaban J connectivity index is 2.27. The molecule has 2 N–H and O–H groups in total. The zero-order chi connectivity index (χ0) is 17.0. The smallest absolute Gasteiger partial charge is 0.335 e. The predicted molar refractivity (Wildman–Crippen MR) is 82.0 cm³/mol. The Kier molecular flexibility index (Phi) is 4.97. The van der Waals surface area contributed by atoms with E-state index in [1.807, 2.05) is 0 Å². The number of carbonyl (C=O) groups is 2. The molecule has 0 heterocycles. The van der Waals surface area contributed by atoms with E-state index in [2.05, 4.69) is 0 Å². The standard InChI is InChI=1S/C15H11NO6S/c17-14(18)8-10-7-12(5-6-13(10)16(21)22)23-11-3-1-9(2-4-11)15(19)20/h1-7H,8H2,(H,17,18)(H,19,20). The van der Waals surface area contributed by atoms with Crippen LogP contribution in [0.15, 0.2) is 52.3 Å². The first-order chi connectivity index (χ1) is 10.9. The summed E-state index contributed by atoms with van der Waals surface area (Å²) in [6.07, 6.45) is -0.442. The maximum absolute atomic E-state index is 10.9. The summed E-state index contributed by atoms with van der Waals surface area (Å²) in [5.41, 5.74) is 0.0391. The first-order valence-corrected chi connectivity index (χ1v) is 7.19. The number of benzene rings is 2. The molecule has 2 rings (SSSR count). The van der Waals surface area contributed by atoms with Crippen molar-refractivity contribution in [3.8, 4) is 0 Å². The van der Waals surface area contributed by atoms with Crippen molar-refractivity contribution in [3.05, 3.63) is 63.7 Å². The van der Waals surface area contributed by atoms with Gasteiger partial charge in [0.1, 0.15) is 0 Å². The highest BCUT2D eigenvalue weighted by Gasteiger charge is 2.17. The Labute approximate surface area is 134 Å². The fourth-order valence-corrected chi connectivity index (χ4v) is 2.79. The lowest BCUT2D eigenvalue weighted by Crippen LogP contribution is -2.03. The van der Waals surface area contributed by atoms with Crippen molar-refractivity contribution < 1.29 is 24.7 Å². The van der Waals surface area contributed by atoms with Gasteiger partial charge in [-0.15, -0.1) is 0 Å². The number of rotatable bonds is 6. The second-order valence-electron chi connectivity index (χ2n) is 4.55. The molecule has 0 bridgehead atoms. The summed E-state index contributed by atoms with van der Waals surface area (Å²) in [5.74, 6) is -2.18. The highest BCUT2D eigenvalue weighted by molar-refractivity contribution is 7.99. The Bertz CT molecular complexity index is 772. The predicted octanol–water partition coefficient (Wildman–Crippen LogP) is 3.07. The van der Waals surface area contributed by atoms with Crippen LogP contribution >= 0.6 is 11.8 Å². The van der Waals surface area contributed by atoms with Gasteiger partial charge in [-0.1, -0.05) is 11.8 Å². The van der Waals surface area contributed by atoms with Gasteiger partial charge in [-0.3, -0.25) is 14.9 Å². The average molecular weight is 333 g/mol. The van der Waals surface area contributed by atoms with Gasteiger partial charge in [0.15, 0.2) is 0 Å². The third-order valence-electron chi connectivity index (χ3n) is 2.93. The SMILES string of the molecule is O=C(O)Cc1cc(Sc2ccc(C(=O)O)cc2)ccc1[N+](=O)[O-]. The zero-order valence-corrected chi connectivity index (χ0v) is 12.4. The van der Waals surface area contributed by atoms with Crippen LogP contribution in [0.2, 0.25) is 0 Å². The average Bonchev–Trinajstić information content (AvgIpc) is 2.47. The molecular formula is C15H11NO6S. The molecule has 0 spiro atoms. The van der Waals surface area contributed by atoms with E-state index in [4.69, 9.17) is 10.2 Å². The minimum atomic E-state index is -1.15. The first-order valence-electron chi connectivity index (χ1n) is 6.37. The highest BCUT2D eigenvalue weighted by Crippen LogP contribution is 2.31. The molecule has 2 aromatic carbocycles. The van der Waals surface area contributed by atoms with E-state index < -0.39 is 23.3 Å². The lowest BCUT2D eigenvalue weighted by atomic mass is 10.1. The van der Waals surface area contributed by atoms with Gasteiger partial charge in [0.2, 0.25) is 0 Å². The lowest BCUT2D eigenvalue weighted by molar-refractivity contribution is -0.385. The summed E-state index contributed by atoms with van der Waals surface area (Å²) in [4.78, 5) is 33.3.